The Morgan fingerprint density at radius 2 is 1.74 bits per heavy atom. The normalized spacial score (nSPS) is 12.4. The number of aliphatic hydroxyl groups is 1. The van der Waals surface area contributed by atoms with E-state index in [1.54, 1.807) is 0 Å². The van der Waals surface area contributed by atoms with E-state index in [1.165, 1.54) is 0 Å². The smallest absolute Gasteiger partial charge is 0.331 e. The third kappa shape index (κ3) is 11.4. The summed E-state index contributed by atoms with van der Waals surface area (Å²) in [5.74, 6) is -1.32. The predicted molar refractivity (Wildman–Crippen MR) is 68.5 cm³/mol. The SMILES string of the molecule is CCCC(O)COC(=O)/C=C/C(=O)OCCOCC. The predicted octanol–water partition coefficient (Wildman–Crippen LogP) is 0.827. The monoisotopic (exact) mass is 274 g/mol. The molecule has 0 aromatic carbocycles. The van der Waals surface area contributed by atoms with Crippen molar-refractivity contribution in [3.8, 4) is 0 Å². The fourth-order valence-electron chi connectivity index (χ4n) is 1.17. The number of ether oxygens (including phenoxy) is 3. The van der Waals surface area contributed by atoms with Gasteiger partial charge < -0.3 is 19.3 Å². The van der Waals surface area contributed by atoms with Crippen LogP contribution in [0, 0.1) is 0 Å². The minimum atomic E-state index is -0.683. The molecule has 0 rings (SSSR count). The van der Waals surface area contributed by atoms with Gasteiger partial charge in [-0.15, -0.1) is 0 Å². The van der Waals surface area contributed by atoms with Crippen LogP contribution in [0.25, 0.3) is 0 Å². The molecule has 19 heavy (non-hydrogen) atoms. The lowest BCUT2D eigenvalue weighted by Crippen LogP contribution is -2.17. The molecule has 0 aliphatic rings. The first-order valence-corrected chi connectivity index (χ1v) is 6.37. The summed E-state index contributed by atoms with van der Waals surface area (Å²) < 4.78 is 14.5. The van der Waals surface area contributed by atoms with Gasteiger partial charge in [0.25, 0.3) is 0 Å². The Morgan fingerprint density at radius 1 is 1.11 bits per heavy atom. The second kappa shape index (κ2) is 11.7. The van der Waals surface area contributed by atoms with E-state index in [-0.39, 0.29) is 13.2 Å². The molecule has 6 heteroatoms. The molecule has 1 N–H and O–H groups in total. The molecular weight excluding hydrogens is 252 g/mol. The molecule has 0 saturated carbocycles. The van der Waals surface area contributed by atoms with Gasteiger partial charge in [-0.05, 0) is 13.3 Å². The van der Waals surface area contributed by atoms with Crippen LogP contribution in [-0.2, 0) is 23.8 Å². The van der Waals surface area contributed by atoms with Crippen molar-refractivity contribution in [3.05, 3.63) is 12.2 Å². The van der Waals surface area contributed by atoms with Crippen LogP contribution in [-0.4, -0.2) is 49.6 Å². The van der Waals surface area contributed by atoms with E-state index in [0.29, 0.717) is 19.6 Å². The summed E-state index contributed by atoms with van der Waals surface area (Å²) in [5, 5.41) is 9.34. The molecule has 6 nitrogen and oxygen atoms in total. The zero-order valence-electron chi connectivity index (χ0n) is 11.5. The van der Waals surface area contributed by atoms with Gasteiger partial charge >= 0.3 is 11.9 Å². The Labute approximate surface area is 113 Å². The Hall–Kier alpha value is -1.40. The highest BCUT2D eigenvalue weighted by molar-refractivity contribution is 5.91. The molecule has 0 bridgehead atoms. The summed E-state index contributed by atoms with van der Waals surface area (Å²) in [6.45, 7) is 4.70. The standard InChI is InChI=1S/C13H22O6/c1-3-5-11(14)10-19-13(16)7-6-12(15)18-9-8-17-4-2/h6-7,11,14H,3-5,8-10H2,1-2H3/b7-6+. The number of hydrogen-bond acceptors (Lipinski definition) is 6. The van der Waals surface area contributed by atoms with E-state index < -0.39 is 18.0 Å². The second-order valence-electron chi connectivity index (χ2n) is 3.77. The highest BCUT2D eigenvalue weighted by Crippen LogP contribution is 1.97. The molecule has 0 saturated heterocycles. The number of rotatable bonds is 10. The van der Waals surface area contributed by atoms with Gasteiger partial charge in [-0.3, -0.25) is 0 Å². The van der Waals surface area contributed by atoms with Crippen LogP contribution in [0.3, 0.4) is 0 Å². The number of esters is 2. The highest BCUT2D eigenvalue weighted by Gasteiger charge is 2.06. The molecule has 110 valence electrons. The van der Waals surface area contributed by atoms with Gasteiger partial charge in [0.1, 0.15) is 13.2 Å². The van der Waals surface area contributed by atoms with E-state index in [1.807, 2.05) is 13.8 Å². The van der Waals surface area contributed by atoms with E-state index >= 15 is 0 Å². The van der Waals surface area contributed by atoms with Crippen molar-refractivity contribution < 1.29 is 28.9 Å². The maximum Gasteiger partial charge on any atom is 0.331 e. The topological polar surface area (TPSA) is 82.1 Å². The molecule has 0 fully saturated rings. The minimum absolute atomic E-state index is 0.0730. The van der Waals surface area contributed by atoms with E-state index in [0.717, 1.165) is 18.6 Å². The molecule has 1 unspecified atom stereocenters. The summed E-state index contributed by atoms with van der Waals surface area (Å²) in [4.78, 5) is 22.3. The Bertz CT molecular complexity index is 287. The first kappa shape index (κ1) is 17.6. The summed E-state index contributed by atoms with van der Waals surface area (Å²) in [6, 6.07) is 0. The molecule has 0 heterocycles. The molecule has 0 aromatic heterocycles. The average molecular weight is 274 g/mol. The Kier molecular flexibility index (Phi) is 10.8. The van der Waals surface area contributed by atoms with Crippen molar-refractivity contribution in [1.82, 2.24) is 0 Å². The fourth-order valence-corrected chi connectivity index (χ4v) is 1.17. The highest BCUT2D eigenvalue weighted by atomic mass is 16.6. The lowest BCUT2D eigenvalue weighted by atomic mass is 10.2. The molecule has 1 atom stereocenters. The molecular formula is C13H22O6. The molecule has 0 aliphatic heterocycles. The van der Waals surface area contributed by atoms with Crippen LogP contribution >= 0.6 is 0 Å². The first-order valence-electron chi connectivity index (χ1n) is 6.37. The van der Waals surface area contributed by atoms with Crippen molar-refractivity contribution >= 4 is 11.9 Å². The van der Waals surface area contributed by atoms with Gasteiger partial charge in [0.05, 0.1) is 12.7 Å². The maximum atomic E-state index is 11.2. The summed E-state index contributed by atoms with van der Waals surface area (Å²) in [6.07, 6.45) is 2.67. The molecule has 0 amide bonds. The third-order valence-electron chi connectivity index (χ3n) is 2.07. The minimum Gasteiger partial charge on any atom is -0.460 e. The van der Waals surface area contributed by atoms with Crippen molar-refractivity contribution in [1.29, 1.82) is 0 Å². The van der Waals surface area contributed by atoms with Crippen LogP contribution < -0.4 is 0 Å². The van der Waals surface area contributed by atoms with Gasteiger partial charge in [0.15, 0.2) is 0 Å². The first-order chi connectivity index (χ1) is 9.10. The average Bonchev–Trinajstić information content (AvgIpc) is 2.39. The lowest BCUT2D eigenvalue weighted by molar-refractivity contribution is -0.142. The quantitative estimate of drug-likeness (QED) is 0.361. The lowest BCUT2D eigenvalue weighted by Gasteiger charge is -2.08. The van der Waals surface area contributed by atoms with E-state index in [9.17, 15) is 14.7 Å². The largest absolute Gasteiger partial charge is 0.460 e. The van der Waals surface area contributed by atoms with E-state index in [2.05, 4.69) is 0 Å². The van der Waals surface area contributed by atoms with Gasteiger partial charge in [0.2, 0.25) is 0 Å². The zero-order chi connectivity index (χ0) is 14.5. The molecule has 0 spiro atoms. The molecule has 0 aliphatic carbocycles. The zero-order valence-corrected chi connectivity index (χ0v) is 11.5. The maximum absolute atomic E-state index is 11.2. The van der Waals surface area contributed by atoms with Crippen LogP contribution in [0.5, 0.6) is 0 Å². The van der Waals surface area contributed by atoms with Crippen LogP contribution in [0.15, 0.2) is 12.2 Å². The summed E-state index contributed by atoms with van der Waals surface area (Å²) in [5.41, 5.74) is 0. The van der Waals surface area contributed by atoms with Gasteiger partial charge in [-0.25, -0.2) is 9.59 Å². The number of carbonyl (C=O) groups is 2. The van der Waals surface area contributed by atoms with Gasteiger partial charge in [-0.1, -0.05) is 13.3 Å². The van der Waals surface area contributed by atoms with Crippen LogP contribution in [0.4, 0.5) is 0 Å². The number of hydrogen-bond donors (Lipinski definition) is 1. The van der Waals surface area contributed by atoms with Crippen molar-refractivity contribution in [2.75, 3.05) is 26.4 Å². The van der Waals surface area contributed by atoms with Crippen LogP contribution in [0.2, 0.25) is 0 Å². The van der Waals surface area contributed by atoms with Crippen molar-refractivity contribution in [2.24, 2.45) is 0 Å². The number of carbonyl (C=O) groups excluding carboxylic acids is 2. The summed E-state index contributed by atoms with van der Waals surface area (Å²) >= 11 is 0. The van der Waals surface area contributed by atoms with Crippen molar-refractivity contribution in [2.45, 2.75) is 32.8 Å². The van der Waals surface area contributed by atoms with Crippen molar-refractivity contribution in [3.63, 3.8) is 0 Å². The third-order valence-corrected chi connectivity index (χ3v) is 2.07. The molecule has 0 radical (unpaired) electrons. The van der Waals surface area contributed by atoms with E-state index in [4.69, 9.17) is 14.2 Å². The van der Waals surface area contributed by atoms with Gasteiger partial charge in [0, 0.05) is 18.8 Å². The van der Waals surface area contributed by atoms with Gasteiger partial charge in [-0.2, -0.15) is 0 Å². The molecule has 0 aromatic rings. The summed E-state index contributed by atoms with van der Waals surface area (Å²) in [7, 11) is 0. The fraction of sp³-hybridized carbons (Fsp3) is 0.692. The Morgan fingerprint density at radius 3 is 2.32 bits per heavy atom. The Balaban J connectivity index is 3.73. The number of aliphatic hydroxyl groups excluding tert-OH is 1. The van der Waals surface area contributed by atoms with Crippen LogP contribution in [0.1, 0.15) is 26.7 Å². The second-order valence-corrected chi connectivity index (χ2v) is 3.77.